The number of carbonyl (C=O) groups excluding carboxylic acids is 1. The summed E-state index contributed by atoms with van der Waals surface area (Å²) in [4.78, 5) is 24.6. The maximum Gasteiger partial charge on any atom is 0.266 e. The fourth-order valence-electron chi connectivity index (χ4n) is 3.14. The average molecular weight is 434 g/mol. The van der Waals surface area contributed by atoms with Crippen molar-refractivity contribution < 1.29 is 4.79 Å². The van der Waals surface area contributed by atoms with Crippen LogP contribution in [0.5, 0.6) is 0 Å². The standard InChI is InChI=1S/C24H23N3OS2/c1-4-27-22(28)21(14-17-10-12-18(13-11-17)16(2)3)30-24(27)26-23-25-20(15-29-23)19-8-6-5-7-9-19/h5-16H,4H2,1-3H3/b21-14-,26-24+. The van der Waals surface area contributed by atoms with E-state index in [-0.39, 0.29) is 5.91 Å². The largest absolute Gasteiger partial charge is 0.287 e. The zero-order chi connectivity index (χ0) is 21.1. The molecule has 0 unspecified atom stereocenters. The van der Waals surface area contributed by atoms with Crippen LogP contribution in [-0.4, -0.2) is 27.5 Å². The monoisotopic (exact) mass is 433 g/mol. The highest BCUT2D eigenvalue weighted by Gasteiger charge is 2.32. The lowest BCUT2D eigenvalue weighted by Gasteiger charge is -2.11. The number of amides is 1. The van der Waals surface area contributed by atoms with Gasteiger partial charge in [-0.25, -0.2) is 4.98 Å². The van der Waals surface area contributed by atoms with Crippen LogP contribution < -0.4 is 0 Å². The van der Waals surface area contributed by atoms with E-state index in [1.807, 2.05) is 48.7 Å². The highest BCUT2D eigenvalue weighted by molar-refractivity contribution is 8.18. The second-order valence-electron chi connectivity index (χ2n) is 7.26. The Balaban J connectivity index is 1.59. The van der Waals surface area contributed by atoms with Crippen LogP contribution in [0, 0.1) is 0 Å². The van der Waals surface area contributed by atoms with Gasteiger partial charge in [0.05, 0.1) is 10.6 Å². The summed E-state index contributed by atoms with van der Waals surface area (Å²) in [5.74, 6) is 0.483. The number of thioether (sulfide) groups is 1. The van der Waals surface area contributed by atoms with Gasteiger partial charge in [0.15, 0.2) is 5.17 Å². The molecule has 0 bridgehead atoms. The maximum absolute atomic E-state index is 12.9. The number of rotatable bonds is 5. The van der Waals surface area contributed by atoms with Gasteiger partial charge >= 0.3 is 0 Å². The lowest BCUT2D eigenvalue weighted by molar-refractivity contribution is -0.122. The second-order valence-corrected chi connectivity index (χ2v) is 9.10. The molecule has 0 saturated carbocycles. The average Bonchev–Trinajstić information content (AvgIpc) is 3.34. The van der Waals surface area contributed by atoms with Crippen molar-refractivity contribution in [2.45, 2.75) is 26.7 Å². The third-order valence-corrected chi connectivity index (χ3v) is 6.60. The summed E-state index contributed by atoms with van der Waals surface area (Å²) in [7, 11) is 0. The number of benzene rings is 2. The Morgan fingerprint density at radius 1 is 1.10 bits per heavy atom. The Labute approximate surface area is 185 Å². The number of hydrogen-bond donors (Lipinski definition) is 0. The van der Waals surface area contributed by atoms with E-state index in [4.69, 9.17) is 0 Å². The molecule has 1 saturated heterocycles. The predicted molar refractivity (Wildman–Crippen MR) is 128 cm³/mol. The van der Waals surface area contributed by atoms with Crippen molar-refractivity contribution in [1.29, 1.82) is 0 Å². The fraction of sp³-hybridized carbons (Fsp3) is 0.208. The quantitative estimate of drug-likeness (QED) is 0.428. The smallest absolute Gasteiger partial charge is 0.266 e. The predicted octanol–water partition coefficient (Wildman–Crippen LogP) is 6.56. The summed E-state index contributed by atoms with van der Waals surface area (Å²) in [6.45, 7) is 6.89. The molecule has 4 rings (SSSR count). The summed E-state index contributed by atoms with van der Waals surface area (Å²) in [5, 5.41) is 3.34. The lowest BCUT2D eigenvalue weighted by Crippen LogP contribution is -2.28. The molecule has 1 aliphatic rings. The van der Waals surface area contributed by atoms with Crippen molar-refractivity contribution in [3.05, 3.63) is 76.0 Å². The Morgan fingerprint density at radius 3 is 2.50 bits per heavy atom. The second kappa shape index (κ2) is 8.98. The van der Waals surface area contributed by atoms with Gasteiger partial charge in [0.25, 0.3) is 5.91 Å². The molecule has 2 heterocycles. The van der Waals surface area contributed by atoms with E-state index in [1.54, 1.807) is 4.90 Å². The minimum absolute atomic E-state index is 0.00553. The molecule has 0 spiro atoms. The molecule has 0 aliphatic carbocycles. The molecule has 30 heavy (non-hydrogen) atoms. The van der Waals surface area contributed by atoms with E-state index in [9.17, 15) is 4.79 Å². The van der Waals surface area contributed by atoms with Crippen molar-refractivity contribution >= 4 is 45.4 Å². The summed E-state index contributed by atoms with van der Waals surface area (Å²) in [6.07, 6.45) is 1.94. The minimum atomic E-state index is -0.00553. The summed E-state index contributed by atoms with van der Waals surface area (Å²) >= 11 is 2.90. The number of nitrogens with zero attached hydrogens (tertiary/aromatic N) is 3. The number of aliphatic imine (C=N–C) groups is 1. The first-order chi connectivity index (χ1) is 14.5. The van der Waals surface area contributed by atoms with Crippen molar-refractivity contribution in [2.75, 3.05) is 6.54 Å². The highest BCUT2D eigenvalue weighted by Crippen LogP contribution is 2.35. The summed E-state index contributed by atoms with van der Waals surface area (Å²) < 4.78 is 0. The van der Waals surface area contributed by atoms with Crippen LogP contribution in [0.4, 0.5) is 5.13 Å². The number of hydrogen-bond acceptors (Lipinski definition) is 5. The molecule has 4 nitrogen and oxygen atoms in total. The van der Waals surface area contributed by atoms with Gasteiger partial charge in [0.1, 0.15) is 0 Å². The third kappa shape index (κ3) is 4.40. The lowest BCUT2D eigenvalue weighted by atomic mass is 10.0. The zero-order valence-corrected chi connectivity index (χ0v) is 18.8. The van der Waals surface area contributed by atoms with Gasteiger partial charge in [-0.2, -0.15) is 4.99 Å². The van der Waals surface area contributed by atoms with Crippen LogP contribution in [0.25, 0.3) is 17.3 Å². The molecule has 6 heteroatoms. The van der Waals surface area contributed by atoms with Crippen LogP contribution in [0.1, 0.15) is 37.8 Å². The van der Waals surface area contributed by atoms with Crippen LogP contribution in [-0.2, 0) is 4.79 Å². The summed E-state index contributed by atoms with van der Waals surface area (Å²) in [5.41, 5.74) is 4.28. The number of amidine groups is 1. The Bertz CT molecular complexity index is 1100. The van der Waals surface area contributed by atoms with E-state index < -0.39 is 0 Å². The normalized spacial score (nSPS) is 16.9. The van der Waals surface area contributed by atoms with Crippen LogP contribution in [0.2, 0.25) is 0 Å². The molecular weight excluding hydrogens is 410 g/mol. The molecule has 0 atom stereocenters. The number of thiazole rings is 1. The van der Waals surface area contributed by atoms with Crippen molar-refractivity contribution in [3.8, 4) is 11.3 Å². The molecule has 1 aliphatic heterocycles. The Kier molecular flexibility index (Phi) is 6.16. The van der Waals surface area contributed by atoms with Gasteiger partial charge in [-0.1, -0.05) is 68.4 Å². The molecule has 3 aromatic rings. The van der Waals surface area contributed by atoms with Crippen molar-refractivity contribution in [3.63, 3.8) is 0 Å². The van der Waals surface area contributed by atoms with Gasteiger partial charge in [0, 0.05) is 17.5 Å². The van der Waals surface area contributed by atoms with Crippen LogP contribution in [0.3, 0.4) is 0 Å². The maximum atomic E-state index is 12.9. The van der Waals surface area contributed by atoms with E-state index in [2.05, 4.69) is 48.1 Å². The molecule has 1 fully saturated rings. The number of aromatic nitrogens is 1. The molecular formula is C24H23N3OS2. The fourth-order valence-corrected chi connectivity index (χ4v) is 4.94. The van der Waals surface area contributed by atoms with E-state index in [0.717, 1.165) is 16.8 Å². The molecule has 152 valence electrons. The number of likely N-dealkylation sites (N-methyl/N-ethyl adjacent to an activating group) is 1. The van der Waals surface area contributed by atoms with Crippen molar-refractivity contribution in [2.24, 2.45) is 4.99 Å². The number of carbonyl (C=O) groups is 1. The minimum Gasteiger partial charge on any atom is -0.287 e. The summed E-state index contributed by atoms with van der Waals surface area (Å²) in [6, 6.07) is 18.4. The van der Waals surface area contributed by atoms with Gasteiger partial charge < -0.3 is 0 Å². The molecule has 2 aromatic carbocycles. The van der Waals surface area contributed by atoms with Gasteiger partial charge in [-0.05, 0) is 41.8 Å². The van der Waals surface area contributed by atoms with Crippen LogP contribution >= 0.6 is 23.1 Å². The van der Waals surface area contributed by atoms with E-state index in [1.165, 1.54) is 28.7 Å². The molecule has 1 aromatic heterocycles. The first kappa shape index (κ1) is 20.6. The van der Waals surface area contributed by atoms with E-state index in [0.29, 0.717) is 27.7 Å². The molecule has 0 radical (unpaired) electrons. The van der Waals surface area contributed by atoms with Gasteiger partial charge in [-0.15, -0.1) is 11.3 Å². The van der Waals surface area contributed by atoms with Gasteiger partial charge in [-0.3, -0.25) is 9.69 Å². The third-order valence-electron chi connectivity index (χ3n) is 4.86. The SMILES string of the molecule is CCN1C(=O)/C(=C/c2ccc(C(C)C)cc2)S/C1=N/c1nc(-c2ccccc2)cs1. The van der Waals surface area contributed by atoms with Crippen molar-refractivity contribution in [1.82, 2.24) is 9.88 Å². The topological polar surface area (TPSA) is 45.6 Å². The van der Waals surface area contributed by atoms with E-state index >= 15 is 0 Å². The Morgan fingerprint density at radius 2 is 1.83 bits per heavy atom. The Hall–Kier alpha value is -2.70. The van der Waals surface area contributed by atoms with Crippen LogP contribution in [0.15, 0.2) is 69.9 Å². The highest BCUT2D eigenvalue weighted by atomic mass is 32.2. The first-order valence-corrected chi connectivity index (χ1v) is 11.7. The zero-order valence-electron chi connectivity index (χ0n) is 17.2. The molecule has 0 N–H and O–H groups in total. The first-order valence-electron chi connectivity index (χ1n) is 9.96. The molecule has 1 amide bonds. The van der Waals surface area contributed by atoms with Gasteiger partial charge in [0.2, 0.25) is 5.13 Å².